The molecule has 0 heterocycles. The number of anilines is 1. The van der Waals surface area contributed by atoms with E-state index < -0.39 is 28.5 Å². The van der Waals surface area contributed by atoms with Gasteiger partial charge in [0.15, 0.2) is 0 Å². The number of para-hydroxylation sites is 1. The first-order chi connectivity index (χ1) is 20.6. The lowest BCUT2D eigenvalue weighted by atomic mass is 10.0. The first-order valence-electron chi connectivity index (χ1n) is 14.4. The molecule has 0 aliphatic heterocycles. The topological polar surface area (TPSA) is 86.8 Å². The zero-order valence-corrected chi connectivity index (χ0v) is 26.0. The van der Waals surface area contributed by atoms with Gasteiger partial charge in [-0.15, -0.1) is 0 Å². The summed E-state index contributed by atoms with van der Waals surface area (Å²) in [5, 5.41) is 2.72. The molecule has 0 radical (unpaired) electrons. The Kier molecular flexibility index (Phi) is 10.4. The quantitative estimate of drug-likeness (QED) is 0.235. The third kappa shape index (κ3) is 7.70. The van der Waals surface area contributed by atoms with E-state index in [0.717, 1.165) is 27.8 Å². The van der Waals surface area contributed by atoms with Crippen LogP contribution in [-0.2, 0) is 39.0 Å². The molecule has 0 saturated heterocycles. The van der Waals surface area contributed by atoms with Crippen molar-refractivity contribution < 1.29 is 18.0 Å². The van der Waals surface area contributed by atoms with Gasteiger partial charge in [-0.2, -0.15) is 0 Å². The normalized spacial score (nSPS) is 11.9. The van der Waals surface area contributed by atoms with Gasteiger partial charge >= 0.3 is 0 Å². The number of likely N-dealkylation sites (N-methyl/N-ethyl adjacent to an activating group) is 1. The standard InChI is InChI=1S/C35H39N3O4S/c1-5-30-16-9-10-17-32(30)38(43(41,42)31-20-18-26(2)19-21-31)25-34(39)37(24-29-15-11-12-27(3)22-29)33(35(40)36-4)23-28-13-7-6-8-14-28/h6-22,33H,5,23-25H2,1-4H3,(H,36,40)/t33-/m1/s1. The smallest absolute Gasteiger partial charge is 0.264 e. The number of nitrogens with one attached hydrogen (secondary N) is 1. The molecular formula is C35H39N3O4S. The van der Waals surface area contributed by atoms with E-state index in [9.17, 15) is 18.0 Å². The van der Waals surface area contributed by atoms with Crippen molar-refractivity contribution in [2.75, 3.05) is 17.9 Å². The van der Waals surface area contributed by atoms with Crippen molar-refractivity contribution in [1.82, 2.24) is 10.2 Å². The lowest BCUT2D eigenvalue weighted by Crippen LogP contribution is -2.53. The Balaban J connectivity index is 1.81. The van der Waals surface area contributed by atoms with Gasteiger partial charge in [0.1, 0.15) is 12.6 Å². The van der Waals surface area contributed by atoms with Crippen LogP contribution in [0.3, 0.4) is 0 Å². The highest BCUT2D eigenvalue weighted by Crippen LogP contribution is 2.28. The summed E-state index contributed by atoms with van der Waals surface area (Å²) in [6, 6.07) is 30.2. The molecule has 43 heavy (non-hydrogen) atoms. The first kappa shape index (κ1) is 31.5. The maximum atomic E-state index is 14.4. The fraction of sp³-hybridized carbons (Fsp3) is 0.257. The third-order valence-corrected chi connectivity index (χ3v) is 9.26. The minimum atomic E-state index is -4.14. The van der Waals surface area contributed by atoms with Crippen LogP contribution < -0.4 is 9.62 Å². The highest BCUT2D eigenvalue weighted by Gasteiger charge is 2.34. The van der Waals surface area contributed by atoms with Crippen LogP contribution in [0.1, 0.15) is 34.7 Å². The number of amides is 2. The number of hydrogen-bond acceptors (Lipinski definition) is 4. The fourth-order valence-corrected chi connectivity index (χ4v) is 6.58. The molecule has 0 saturated carbocycles. The molecule has 1 N–H and O–H groups in total. The minimum Gasteiger partial charge on any atom is -0.357 e. The van der Waals surface area contributed by atoms with Gasteiger partial charge in [0, 0.05) is 20.0 Å². The second-order valence-electron chi connectivity index (χ2n) is 10.6. The molecule has 7 nitrogen and oxygen atoms in total. The Morgan fingerprint density at radius 1 is 0.791 bits per heavy atom. The van der Waals surface area contributed by atoms with Gasteiger partial charge in [-0.3, -0.25) is 13.9 Å². The summed E-state index contributed by atoms with van der Waals surface area (Å²) >= 11 is 0. The zero-order valence-electron chi connectivity index (χ0n) is 25.2. The summed E-state index contributed by atoms with van der Waals surface area (Å²) in [4.78, 5) is 29.4. The molecule has 0 aliphatic carbocycles. The Hall–Kier alpha value is -4.43. The van der Waals surface area contributed by atoms with Crippen LogP contribution in [0, 0.1) is 13.8 Å². The lowest BCUT2D eigenvalue weighted by molar-refractivity contribution is -0.139. The van der Waals surface area contributed by atoms with Gasteiger partial charge < -0.3 is 10.2 Å². The van der Waals surface area contributed by atoms with Crippen molar-refractivity contribution in [3.8, 4) is 0 Å². The van der Waals surface area contributed by atoms with E-state index >= 15 is 0 Å². The monoisotopic (exact) mass is 597 g/mol. The van der Waals surface area contributed by atoms with Gasteiger partial charge in [-0.25, -0.2) is 8.42 Å². The molecule has 0 aromatic heterocycles. The highest BCUT2D eigenvalue weighted by atomic mass is 32.2. The molecule has 4 aromatic carbocycles. The van der Waals surface area contributed by atoms with Crippen LogP contribution in [0.4, 0.5) is 5.69 Å². The number of aryl methyl sites for hydroxylation is 3. The minimum absolute atomic E-state index is 0.0918. The summed E-state index contributed by atoms with van der Waals surface area (Å²) in [7, 11) is -2.59. The van der Waals surface area contributed by atoms with E-state index in [-0.39, 0.29) is 23.8 Å². The molecule has 4 aromatic rings. The first-order valence-corrected chi connectivity index (χ1v) is 15.9. The Morgan fingerprint density at radius 3 is 2.09 bits per heavy atom. The predicted molar refractivity (Wildman–Crippen MR) is 171 cm³/mol. The van der Waals surface area contributed by atoms with E-state index in [2.05, 4.69) is 5.32 Å². The molecule has 0 aliphatic rings. The number of carbonyl (C=O) groups excluding carboxylic acids is 2. The Labute approximate surface area is 255 Å². The summed E-state index contributed by atoms with van der Waals surface area (Å²) < 4.78 is 29.6. The second-order valence-corrected chi connectivity index (χ2v) is 12.5. The zero-order chi connectivity index (χ0) is 31.0. The van der Waals surface area contributed by atoms with Gasteiger partial charge in [-0.05, 0) is 55.2 Å². The summed E-state index contributed by atoms with van der Waals surface area (Å²) in [5.41, 5.74) is 4.91. The van der Waals surface area contributed by atoms with Crippen molar-refractivity contribution in [2.24, 2.45) is 0 Å². The highest BCUT2D eigenvalue weighted by molar-refractivity contribution is 7.92. The summed E-state index contributed by atoms with van der Waals surface area (Å²) in [5.74, 6) is -0.806. The molecule has 0 fully saturated rings. The van der Waals surface area contributed by atoms with Crippen LogP contribution in [0.25, 0.3) is 0 Å². The number of carbonyl (C=O) groups is 2. The third-order valence-electron chi connectivity index (χ3n) is 7.48. The van der Waals surface area contributed by atoms with Crippen LogP contribution >= 0.6 is 0 Å². The molecule has 0 unspecified atom stereocenters. The van der Waals surface area contributed by atoms with E-state index in [1.165, 1.54) is 9.21 Å². The van der Waals surface area contributed by atoms with Gasteiger partial charge in [0.2, 0.25) is 11.8 Å². The summed E-state index contributed by atoms with van der Waals surface area (Å²) in [6.07, 6.45) is 0.848. The molecule has 2 amide bonds. The van der Waals surface area contributed by atoms with Crippen LogP contribution in [0.5, 0.6) is 0 Å². The Bertz CT molecular complexity index is 1650. The fourth-order valence-electron chi connectivity index (χ4n) is 5.13. The van der Waals surface area contributed by atoms with Crippen LogP contribution in [0.15, 0.2) is 108 Å². The average Bonchev–Trinajstić information content (AvgIpc) is 3.01. The predicted octanol–water partition coefficient (Wildman–Crippen LogP) is 5.45. The van der Waals surface area contributed by atoms with Crippen molar-refractivity contribution in [2.45, 2.75) is 51.1 Å². The Morgan fingerprint density at radius 2 is 1.44 bits per heavy atom. The van der Waals surface area contributed by atoms with E-state index in [1.807, 2.05) is 87.5 Å². The number of hydrogen-bond donors (Lipinski definition) is 1. The second kappa shape index (κ2) is 14.2. The molecule has 1 atom stereocenters. The molecule has 224 valence electrons. The number of rotatable bonds is 12. The number of sulfonamides is 1. The van der Waals surface area contributed by atoms with E-state index in [1.54, 1.807) is 43.4 Å². The molecule has 4 rings (SSSR count). The van der Waals surface area contributed by atoms with Crippen molar-refractivity contribution in [3.63, 3.8) is 0 Å². The lowest BCUT2D eigenvalue weighted by Gasteiger charge is -2.34. The average molecular weight is 598 g/mol. The largest absolute Gasteiger partial charge is 0.357 e. The van der Waals surface area contributed by atoms with Crippen molar-refractivity contribution >= 4 is 27.5 Å². The maximum Gasteiger partial charge on any atom is 0.264 e. The maximum absolute atomic E-state index is 14.4. The van der Waals surface area contributed by atoms with Gasteiger partial charge in [0.25, 0.3) is 10.0 Å². The number of nitrogens with zero attached hydrogens (tertiary/aromatic N) is 2. The van der Waals surface area contributed by atoms with Crippen LogP contribution in [0.2, 0.25) is 0 Å². The molecular weight excluding hydrogens is 558 g/mol. The molecule has 0 spiro atoms. The van der Waals surface area contributed by atoms with Gasteiger partial charge in [0.05, 0.1) is 10.6 Å². The van der Waals surface area contributed by atoms with Gasteiger partial charge in [-0.1, -0.05) is 103 Å². The SMILES string of the molecule is CCc1ccccc1N(CC(=O)N(Cc1cccc(C)c1)[C@H](Cc1ccccc1)C(=O)NC)S(=O)(=O)c1ccc(C)cc1. The van der Waals surface area contributed by atoms with Crippen LogP contribution in [-0.4, -0.2) is 44.8 Å². The number of benzene rings is 4. The van der Waals surface area contributed by atoms with E-state index in [4.69, 9.17) is 0 Å². The molecule has 0 bridgehead atoms. The summed E-state index contributed by atoms with van der Waals surface area (Å²) in [6.45, 7) is 5.47. The van der Waals surface area contributed by atoms with E-state index in [0.29, 0.717) is 12.1 Å². The molecule has 8 heteroatoms. The van der Waals surface area contributed by atoms with Crippen molar-refractivity contribution in [1.29, 1.82) is 0 Å². The van der Waals surface area contributed by atoms with Crippen molar-refractivity contribution in [3.05, 3.63) is 131 Å².